The zero-order valence-electron chi connectivity index (χ0n) is 12.7. The lowest BCUT2D eigenvalue weighted by atomic mass is 10.1. The molecule has 0 fully saturated rings. The summed E-state index contributed by atoms with van der Waals surface area (Å²) in [5.41, 5.74) is 1.45. The Morgan fingerprint density at radius 2 is 1.95 bits per heavy atom. The first kappa shape index (κ1) is 16.3. The molecule has 4 heteroatoms. The number of methoxy groups -OCH3 is 1. The molecule has 112 valence electrons. The molecule has 1 N–H and O–H groups in total. The van der Waals surface area contributed by atoms with E-state index >= 15 is 0 Å². The average molecular weight is 279 g/mol. The molecule has 0 atom stereocenters. The number of hydrogen-bond acceptors (Lipinski definition) is 4. The molecule has 0 aliphatic rings. The van der Waals surface area contributed by atoms with Gasteiger partial charge in [-0.1, -0.05) is 26.7 Å². The number of ether oxygens (including phenoxy) is 2. The summed E-state index contributed by atoms with van der Waals surface area (Å²) < 4.78 is 10.5. The van der Waals surface area contributed by atoms with Crippen LogP contribution in [0.3, 0.4) is 0 Å². The molecule has 0 saturated heterocycles. The van der Waals surface area contributed by atoms with Gasteiger partial charge in [-0.3, -0.25) is 0 Å². The molecule has 1 aromatic rings. The Hall–Kier alpha value is -1.71. The lowest BCUT2D eigenvalue weighted by Gasteiger charge is -2.13. The van der Waals surface area contributed by atoms with Gasteiger partial charge in [-0.2, -0.15) is 0 Å². The number of rotatable bonds is 9. The van der Waals surface area contributed by atoms with Crippen LogP contribution in [-0.4, -0.2) is 26.2 Å². The van der Waals surface area contributed by atoms with Crippen molar-refractivity contribution in [2.45, 2.75) is 39.5 Å². The Labute approximate surface area is 121 Å². The van der Waals surface area contributed by atoms with Crippen molar-refractivity contribution in [3.05, 3.63) is 23.8 Å². The van der Waals surface area contributed by atoms with Gasteiger partial charge in [-0.15, -0.1) is 0 Å². The average Bonchev–Trinajstić information content (AvgIpc) is 2.47. The van der Waals surface area contributed by atoms with Crippen LogP contribution >= 0.6 is 0 Å². The van der Waals surface area contributed by atoms with Crippen LogP contribution in [-0.2, 0) is 4.74 Å². The fourth-order valence-electron chi connectivity index (χ4n) is 1.77. The second-order valence-corrected chi connectivity index (χ2v) is 4.68. The zero-order valence-corrected chi connectivity index (χ0v) is 12.7. The topological polar surface area (TPSA) is 47.6 Å². The molecule has 0 aliphatic carbocycles. The molecule has 0 saturated carbocycles. The summed E-state index contributed by atoms with van der Waals surface area (Å²) in [7, 11) is 1.38. The normalized spacial score (nSPS) is 10.2. The van der Waals surface area contributed by atoms with Crippen molar-refractivity contribution in [2.24, 2.45) is 0 Å². The molecule has 0 spiro atoms. The van der Waals surface area contributed by atoms with Crippen LogP contribution in [0.25, 0.3) is 0 Å². The number of esters is 1. The van der Waals surface area contributed by atoms with Crippen LogP contribution < -0.4 is 10.1 Å². The summed E-state index contributed by atoms with van der Waals surface area (Å²) in [4.78, 5) is 11.7. The molecule has 0 radical (unpaired) electrons. The summed E-state index contributed by atoms with van der Waals surface area (Å²) in [6.45, 7) is 5.79. The SMILES string of the molecule is CCCCNc1ccc(C(=O)OC)c(OCCCC)c1. The Kier molecular flexibility index (Phi) is 7.55. The second kappa shape index (κ2) is 9.23. The minimum atomic E-state index is -0.364. The molecule has 0 aliphatic heterocycles. The number of hydrogen-bond donors (Lipinski definition) is 1. The van der Waals surface area contributed by atoms with Crippen LogP contribution in [0.1, 0.15) is 49.9 Å². The molecule has 20 heavy (non-hydrogen) atoms. The first-order valence-corrected chi connectivity index (χ1v) is 7.32. The van der Waals surface area contributed by atoms with E-state index in [-0.39, 0.29) is 5.97 Å². The van der Waals surface area contributed by atoms with Crippen molar-refractivity contribution < 1.29 is 14.3 Å². The first-order valence-electron chi connectivity index (χ1n) is 7.32. The van der Waals surface area contributed by atoms with Gasteiger partial charge in [0.25, 0.3) is 0 Å². The summed E-state index contributed by atoms with van der Waals surface area (Å²) in [6, 6.07) is 5.51. The van der Waals surface area contributed by atoms with Gasteiger partial charge in [-0.05, 0) is 25.0 Å². The molecular weight excluding hydrogens is 254 g/mol. The third-order valence-corrected chi connectivity index (χ3v) is 3.00. The minimum absolute atomic E-state index is 0.364. The van der Waals surface area contributed by atoms with Gasteiger partial charge in [0.2, 0.25) is 0 Å². The highest BCUT2D eigenvalue weighted by Crippen LogP contribution is 2.24. The third kappa shape index (κ3) is 5.11. The van der Waals surface area contributed by atoms with Crippen molar-refractivity contribution in [1.29, 1.82) is 0 Å². The summed E-state index contributed by atoms with van der Waals surface area (Å²) >= 11 is 0. The maximum Gasteiger partial charge on any atom is 0.341 e. The standard InChI is InChI=1S/C16H25NO3/c1-4-6-10-17-13-8-9-14(16(18)19-3)15(12-13)20-11-7-5-2/h8-9,12,17H,4-7,10-11H2,1-3H3. The Bertz CT molecular complexity index is 418. The van der Waals surface area contributed by atoms with Crippen molar-refractivity contribution in [1.82, 2.24) is 0 Å². The van der Waals surface area contributed by atoms with E-state index in [1.54, 1.807) is 6.07 Å². The number of carbonyl (C=O) groups is 1. The van der Waals surface area contributed by atoms with Crippen molar-refractivity contribution in [2.75, 3.05) is 25.6 Å². The Morgan fingerprint density at radius 3 is 2.60 bits per heavy atom. The minimum Gasteiger partial charge on any atom is -0.493 e. The van der Waals surface area contributed by atoms with Crippen LogP contribution in [0.5, 0.6) is 5.75 Å². The van der Waals surface area contributed by atoms with E-state index in [4.69, 9.17) is 9.47 Å². The van der Waals surface area contributed by atoms with Gasteiger partial charge in [0.05, 0.1) is 13.7 Å². The van der Waals surface area contributed by atoms with Gasteiger partial charge in [0, 0.05) is 18.3 Å². The smallest absolute Gasteiger partial charge is 0.341 e. The number of carbonyl (C=O) groups excluding carboxylic acids is 1. The van der Waals surface area contributed by atoms with E-state index in [0.29, 0.717) is 17.9 Å². The van der Waals surface area contributed by atoms with Crippen LogP contribution in [0, 0.1) is 0 Å². The van der Waals surface area contributed by atoms with Crippen molar-refractivity contribution in [3.8, 4) is 5.75 Å². The van der Waals surface area contributed by atoms with Gasteiger partial charge >= 0.3 is 5.97 Å². The monoisotopic (exact) mass is 279 g/mol. The summed E-state index contributed by atoms with van der Waals surface area (Å²) in [5, 5.41) is 3.33. The molecular formula is C16H25NO3. The van der Waals surface area contributed by atoms with Gasteiger partial charge < -0.3 is 14.8 Å². The fraction of sp³-hybridized carbons (Fsp3) is 0.562. The lowest BCUT2D eigenvalue weighted by Crippen LogP contribution is -2.08. The van der Waals surface area contributed by atoms with E-state index in [9.17, 15) is 4.79 Å². The van der Waals surface area contributed by atoms with E-state index in [0.717, 1.165) is 37.9 Å². The van der Waals surface area contributed by atoms with E-state index in [1.807, 2.05) is 12.1 Å². The van der Waals surface area contributed by atoms with E-state index in [1.165, 1.54) is 7.11 Å². The summed E-state index contributed by atoms with van der Waals surface area (Å²) in [6.07, 6.45) is 4.29. The largest absolute Gasteiger partial charge is 0.493 e. The second-order valence-electron chi connectivity index (χ2n) is 4.68. The predicted molar refractivity (Wildman–Crippen MR) is 81.6 cm³/mol. The molecule has 0 aromatic heterocycles. The van der Waals surface area contributed by atoms with E-state index < -0.39 is 0 Å². The van der Waals surface area contributed by atoms with Gasteiger partial charge in [-0.25, -0.2) is 4.79 Å². The first-order chi connectivity index (χ1) is 9.72. The molecule has 0 heterocycles. The summed E-state index contributed by atoms with van der Waals surface area (Å²) in [5.74, 6) is 0.225. The Morgan fingerprint density at radius 1 is 1.20 bits per heavy atom. The van der Waals surface area contributed by atoms with Crippen molar-refractivity contribution in [3.63, 3.8) is 0 Å². The van der Waals surface area contributed by atoms with E-state index in [2.05, 4.69) is 19.2 Å². The molecule has 0 unspecified atom stereocenters. The number of nitrogens with one attached hydrogen (secondary N) is 1. The number of anilines is 1. The van der Waals surface area contributed by atoms with Gasteiger partial charge in [0.1, 0.15) is 11.3 Å². The molecule has 4 nitrogen and oxygen atoms in total. The Balaban J connectivity index is 2.81. The van der Waals surface area contributed by atoms with Gasteiger partial charge in [0.15, 0.2) is 0 Å². The molecule has 0 bridgehead atoms. The fourth-order valence-corrected chi connectivity index (χ4v) is 1.77. The number of benzene rings is 1. The van der Waals surface area contributed by atoms with Crippen LogP contribution in [0.15, 0.2) is 18.2 Å². The molecule has 1 rings (SSSR count). The van der Waals surface area contributed by atoms with Crippen molar-refractivity contribution >= 4 is 11.7 Å². The predicted octanol–water partition coefficient (Wildman–Crippen LogP) is 3.86. The zero-order chi connectivity index (χ0) is 14.8. The molecule has 0 amide bonds. The molecule has 1 aromatic carbocycles. The van der Waals surface area contributed by atoms with Crippen LogP contribution in [0.2, 0.25) is 0 Å². The highest BCUT2D eigenvalue weighted by molar-refractivity contribution is 5.93. The maximum absolute atomic E-state index is 11.7. The quantitative estimate of drug-likeness (QED) is 0.550. The highest BCUT2D eigenvalue weighted by atomic mass is 16.5. The third-order valence-electron chi connectivity index (χ3n) is 3.00. The lowest BCUT2D eigenvalue weighted by molar-refractivity contribution is 0.0596. The highest BCUT2D eigenvalue weighted by Gasteiger charge is 2.13. The maximum atomic E-state index is 11.7. The van der Waals surface area contributed by atoms with Crippen LogP contribution in [0.4, 0.5) is 5.69 Å². The number of unbranched alkanes of at least 4 members (excludes halogenated alkanes) is 2.